The molecular formula is C17H25F2NO. The van der Waals surface area contributed by atoms with E-state index < -0.39 is 11.6 Å². The second kappa shape index (κ2) is 8.75. The molecule has 0 N–H and O–H groups in total. The van der Waals surface area contributed by atoms with Gasteiger partial charge in [-0.25, -0.2) is 8.78 Å². The first-order chi connectivity index (χ1) is 10.0. The minimum absolute atomic E-state index is 0.0977. The molecule has 1 rings (SSSR count). The van der Waals surface area contributed by atoms with E-state index in [9.17, 15) is 13.6 Å². The second-order valence-corrected chi connectivity index (χ2v) is 5.46. The lowest BCUT2D eigenvalue weighted by molar-refractivity contribution is -0.122. The van der Waals surface area contributed by atoms with Gasteiger partial charge in [0, 0.05) is 18.5 Å². The van der Waals surface area contributed by atoms with Crippen LogP contribution in [0, 0.1) is 17.6 Å². The van der Waals surface area contributed by atoms with E-state index in [0.717, 1.165) is 31.7 Å². The van der Waals surface area contributed by atoms with E-state index in [1.54, 1.807) is 0 Å². The van der Waals surface area contributed by atoms with Crippen molar-refractivity contribution in [2.24, 2.45) is 5.92 Å². The van der Waals surface area contributed by atoms with Crippen LogP contribution in [0.1, 0.15) is 52.9 Å². The number of hydrogen-bond donors (Lipinski definition) is 0. The molecule has 0 radical (unpaired) electrons. The Morgan fingerprint density at radius 3 is 2.48 bits per heavy atom. The lowest BCUT2D eigenvalue weighted by Crippen LogP contribution is -2.36. The van der Waals surface area contributed by atoms with Crippen molar-refractivity contribution >= 4 is 11.6 Å². The Hall–Kier alpha value is -1.45. The number of hydrogen-bond acceptors (Lipinski definition) is 1. The molecule has 21 heavy (non-hydrogen) atoms. The van der Waals surface area contributed by atoms with E-state index in [1.165, 1.54) is 17.0 Å². The predicted octanol–water partition coefficient (Wildman–Crippen LogP) is 4.92. The summed E-state index contributed by atoms with van der Waals surface area (Å²) in [6.07, 6.45) is 4.73. The maximum Gasteiger partial charge on any atom is 0.229 e. The van der Waals surface area contributed by atoms with E-state index in [4.69, 9.17) is 0 Å². The summed E-state index contributed by atoms with van der Waals surface area (Å²) < 4.78 is 27.0. The third kappa shape index (κ3) is 5.10. The number of nitrogens with zero attached hydrogens (tertiary/aromatic N) is 1. The molecule has 0 fully saturated rings. The molecule has 1 atom stereocenters. The SMILES string of the molecule is CCCCCCN(C(=O)C(C)CC)c1ccc(F)cc1F. The Balaban J connectivity index is 2.92. The van der Waals surface area contributed by atoms with E-state index >= 15 is 0 Å². The molecule has 0 saturated carbocycles. The molecule has 0 aliphatic carbocycles. The van der Waals surface area contributed by atoms with E-state index in [1.807, 2.05) is 13.8 Å². The van der Waals surface area contributed by atoms with Crippen LogP contribution in [0.3, 0.4) is 0 Å². The molecule has 0 aromatic heterocycles. The Morgan fingerprint density at radius 2 is 1.90 bits per heavy atom. The molecule has 1 amide bonds. The first-order valence-corrected chi connectivity index (χ1v) is 7.77. The zero-order valence-electron chi connectivity index (χ0n) is 13.2. The smallest absolute Gasteiger partial charge is 0.229 e. The van der Waals surface area contributed by atoms with Crippen LogP contribution in [0.15, 0.2) is 18.2 Å². The number of carbonyl (C=O) groups is 1. The van der Waals surface area contributed by atoms with Crippen LogP contribution in [0.25, 0.3) is 0 Å². The number of benzene rings is 1. The van der Waals surface area contributed by atoms with Crippen LogP contribution in [-0.2, 0) is 4.79 Å². The fourth-order valence-corrected chi connectivity index (χ4v) is 2.19. The molecule has 1 aromatic carbocycles. The van der Waals surface area contributed by atoms with Crippen molar-refractivity contribution in [1.29, 1.82) is 0 Å². The lowest BCUT2D eigenvalue weighted by atomic mass is 10.1. The fourth-order valence-electron chi connectivity index (χ4n) is 2.19. The van der Waals surface area contributed by atoms with Gasteiger partial charge in [-0.1, -0.05) is 40.0 Å². The van der Waals surface area contributed by atoms with Crippen molar-refractivity contribution in [3.63, 3.8) is 0 Å². The Bertz CT molecular complexity index is 462. The first kappa shape index (κ1) is 17.6. The van der Waals surface area contributed by atoms with Gasteiger partial charge >= 0.3 is 0 Å². The molecule has 2 nitrogen and oxygen atoms in total. The van der Waals surface area contributed by atoms with Gasteiger partial charge < -0.3 is 4.90 Å². The molecule has 4 heteroatoms. The van der Waals surface area contributed by atoms with Crippen LogP contribution in [0.5, 0.6) is 0 Å². The van der Waals surface area contributed by atoms with Crippen molar-refractivity contribution in [2.45, 2.75) is 52.9 Å². The van der Waals surface area contributed by atoms with Gasteiger partial charge in [0.25, 0.3) is 0 Å². The summed E-state index contributed by atoms with van der Waals surface area (Å²) in [6.45, 7) is 6.36. The van der Waals surface area contributed by atoms with E-state index in [-0.39, 0.29) is 17.5 Å². The summed E-state index contributed by atoms with van der Waals surface area (Å²) in [4.78, 5) is 13.9. The van der Waals surface area contributed by atoms with Crippen molar-refractivity contribution in [2.75, 3.05) is 11.4 Å². The van der Waals surface area contributed by atoms with Crippen molar-refractivity contribution in [1.82, 2.24) is 0 Å². The van der Waals surface area contributed by atoms with Gasteiger partial charge in [-0.3, -0.25) is 4.79 Å². The highest BCUT2D eigenvalue weighted by molar-refractivity contribution is 5.94. The first-order valence-electron chi connectivity index (χ1n) is 7.77. The van der Waals surface area contributed by atoms with Crippen LogP contribution < -0.4 is 4.90 Å². The van der Waals surface area contributed by atoms with Crippen molar-refractivity contribution in [3.05, 3.63) is 29.8 Å². The summed E-state index contributed by atoms with van der Waals surface area (Å²) in [5, 5.41) is 0. The quantitative estimate of drug-likeness (QED) is 0.623. The minimum atomic E-state index is -0.679. The Labute approximate surface area is 126 Å². The van der Waals surface area contributed by atoms with Crippen LogP contribution >= 0.6 is 0 Å². The summed E-state index contributed by atoms with van der Waals surface area (Å²) in [7, 11) is 0. The predicted molar refractivity (Wildman–Crippen MR) is 82.3 cm³/mol. The number of amides is 1. The maximum absolute atomic E-state index is 14.0. The monoisotopic (exact) mass is 297 g/mol. The topological polar surface area (TPSA) is 20.3 Å². The third-order valence-electron chi connectivity index (χ3n) is 3.74. The van der Waals surface area contributed by atoms with Gasteiger partial charge in [0.2, 0.25) is 5.91 Å². The molecule has 0 aliphatic rings. The van der Waals surface area contributed by atoms with Gasteiger partial charge in [-0.15, -0.1) is 0 Å². The highest BCUT2D eigenvalue weighted by Crippen LogP contribution is 2.23. The average molecular weight is 297 g/mol. The van der Waals surface area contributed by atoms with Gasteiger partial charge in [-0.05, 0) is 25.0 Å². The summed E-state index contributed by atoms with van der Waals surface area (Å²) in [5.41, 5.74) is 0.179. The van der Waals surface area contributed by atoms with Crippen LogP contribution in [-0.4, -0.2) is 12.5 Å². The highest BCUT2D eigenvalue weighted by atomic mass is 19.1. The van der Waals surface area contributed by atoms with Crippen LogP contribution in [0.2, 0.25) is 0 Å². The summed E-state index contributed by atoms with van der Waals surface area (Å²) in [6, 6.07) is 3.38. The van der Waals surface area contributed by atoms with Crippen molar-refractivity contribution in [3.8, 4) is 0 Å². The second-order valence-electron chi connectivity index (χ2n) is 5.46. The minimum Gasteiger partial charge on any atom is -0.309 e. The van der Waals surface area contributed by atoms with E-state index in [2.05, 4.69) is 6.92 Å². The Morgan fingerprint density at radius 1 is 1.19 bits per heavy atom. The molecule has 0 aliphatic heterocycles. The molecule has 0 heterocycles. The molecule has 1 aromatic rings. The van der Waals surface area contributed by atoms with Gasteiger partial charge in [0.05, 0.1) is 5.69 Å². The normalized spacial score (nSPS) is 12.2. The fraction of sp³-hybridized carbons (Fsp3) is 0.588. The summed E-state index contributed by atoms with van der Waals surface area (Å²) in [5.74, 6) is -1.57. The van der Waals surface area contributed by atoms with Crippen LogP contribution in [0.4, 0.5) is 14.5 Å². The van der Waals surface area contributed by atoms with Gasteiger partial charge in [-0.2, -0.15) is 0 Å². The van der Waals surface area contributed by atoms with Gasteiger partial charge in [0.1, 0.15) is 11.6 Å². The zero-order chi connectivity index (χ0) is 15.8. The average Bonchev–Trinajstić information content (AvgIpc) is 2.47. The number of rotatable bonds is 8. The molecule has 0 spiro atoms. The number of unbranched alkanes of at least 4 members (excludes halogenated alkanes) is 3. The highest BCUT2D eigenvalue weighted by Gasteiger charge is 2.23. The van der Waals surface area contributed by atoms with E-state index in [0.29, 0.717) is 13.0 Å². The number of halogens is 2. The summed E-state index contributed by atoms with van der Waals surface area (Å²) >= 11 is 0. The number of carbonyl (C=O) groups excluding carboxylic acids is 1. The van der Waals surface area contributed by atoms with Gasteiger partial charge in [0.15, 0.2) is 0 Å². The molecule has 118 valence electrons. The van der Waals surface area contributed by atoms with Crippen molar-refractivity contribution < 1.29 is 13.6 Å². The zero-order valence-corrected chi connectivity index (χ0v) is 13.2. The maximum atomic E-state index is 14.0. The number of anilines is 1. The third-order valence-corrected chi connectivity index (χ3v) is 3.74. The molecule has 0 saturated heterocycles. The lowest BCUT2D eigenvalue weighted by Gasteiger charge is -2.26. The molecule has 0 bridgehead atoms. The Kier molecular flexibility index (Phi) is 7.34. The molecular weight excluding hydrogens is 272 g/mol. The largest absolute Gasteiger partial charge is 0.309 e. The molecule has 1 unspecified atom stereocenters. The standard InChI is InChI=1S/C17H25F2NO/c1-4-6-7-8-11-20(17(21)13(3)5-2)16-10-9-14(18)12-15(16)19/h9-10,12-13H,4-8,11H2,1-3H3.